The summed E-state index contributed by atoms with van der Waals surface area (Å²) in [6.07, 6.45) is 43.8. The molecular formula is C65H122N2O15. The van der Waals surface area contributed by atoms with E-state index < -0.39 is 47.9 Å². The van der Waals surface area contributed by atoms with Crippen molar-refractivity contribution < 1.29 is 71.3 Å². The van der Waals surface area contributed by atoms with Crippen LogP contribution in [0.5, 0.6) is 0 Å². The minimum atomic E-state index is -1.16. The van der Waals surface area contributed by atoms with Crippen LogP contribution in [-0.4, -0.2) is 165 Å². The zero-order chi connectivity index (χ0) is 60.5. The number of carbonyl (C=O) groups excluding carboxylic acids is 4. The molecule has 0 saturated heterocycles. The highest BCUT2D eigenvalue weighted by molar-refractivity contribution is 5.82. The summed E-state index contributed by atoms with van der Waals surface area (Å²) < 4.78 is 61.6. The van der Waals surface area contributed by atoms with Crippen molar-refractivity contribution in [2.75, 3.05) is 113 Å². The Labute approximate surface area is 499 Å². The van der Waals surface area contributed by atoms with Crippen LogP contribution in [0.15, 0.2) is 24.3 Å². The minimum absolute atomic E-state index is 0.0536. The van der Waals surface area contributed by atoms with Crippen LogP contribution in [0.2, 0.25) is 0 Å². The maximum Gasteiger partial charge on any atom is 0.410 e. The van der Waals surface area contributed by atoms with E-state index in [9.17, 15) is 19.2 Å². The smallest absolute Gasteiger partial charge is 0.410 e. The van der Waals surface area contributed by atoms with Crippen LogP contribution in [-0.2, 0) is 61.7 Å². The van der Waals surface area contributed by atoms with E-state index in [1.165, 1.54) is 174 Å². The number of hydrogen-bond donors (Lipinski definition) is 1. The molecule has 2 atom stereocenters. The van der Waals surface area contributed by atoms with Crippen molar-refractivity contribution in [3.8, 4) is 0 Å². The Morgan fingerprint density at radius 2 is 0.841 bits per heavy atom. The van der Waals surface area contributed by atoms with E-state index >= 15 is 0 Å². The number of allylic oxidation sites excluding steroid dienone is 4. The lowest BCUT2D eigenvalue weighted by molar-refractivity contribution is -0.149. The van der Waals surface area contributed by atoms with Crippen molar-refractivity contribution in [3.05, 3.63) is 24.3 Å². The van der Waals surface area contributed by atoms with Crippen LogP contribution in [0.25, 0.3) is 0 Å². The Balaban J connectivity index is 4.50. The Bertz CT molecular complexity index is 1530. The molecule has 0 aromatic heterocycles. The zero-order valence-corrected chi connectivity index (χ0v) is 53.6. The average Bonchev–Trinajstić information content (AvgIpc) is 3.43. The second kappa shape index (κ2) is 56.8. The third-order valence-electron chi connectivity index (χ3n) is 12.9. The highest BCUT2D eigenvalue weighted by Crippen LogP contribution is 2.15. The maximum absolute atomic E-state index is 12.9. The quantitative estimate of drug-likeness (QED) is 0.0262. The van der Waals surface area contributed by atoms with Gasteiger partial charge in [0.1, 0.15) is 37.1 Å². The highest BCUT2D eigenvalue weighted by Gasteiger charge is 2.28. The molecule has 0 aromatic rings. The molecule has 0 radical (unpaired) electrons. The standard InChI is InChI=1S/C65H122N2O15/c1-10-12-14-16-18-20-22-24-26-28-30-32-34-36-38-40-43-76-55-58(78-44-41-39-37-35-33-31-29-27-25-23-21-19-17-15-13-11-2)56-77-51-50-74-47-46-73-48-49-75-52-53-79-60(68)54-67(63(71)82-65(6,7)8)42-45-80-61(69)59(57-72-9)66-62(70)81-64(3,4)5/h24-27,58-59H,10-23,28-57H2,1-9H3,(H,66,70)/b26-24-,27-25-/t58?,59-/m0/s1. The van der Waals surface area contributed by atoms with E-state index in [1.54, 1.807) is 41.5 Å². The lowest BCUT2D eigenvalue weighted by Crippen LogP contribution is -2.47. The second-order valence-corrected chi connectivity index (χ2v) is 23.3. The van der Waals surface area contributed by atoms with Gasteiger partial charge in [-0.05, 0) is 106 Å². The maximum atomic E-state index is 12.9. The molecule has 0 fully saturated rings. The molecule has 0 spiro atoms. The highest BCUT2D eigenvalue weighted by atomic mass is 16.6. The molecule has 0 aliphatic rings. The number of nitrogens with one attached hydrogen (secondary N) is 1. The molecule has 482 valence electrons. The summed E-state index contributed by atoms with van der Waals surface area (Å²) in [5.74, 6) is -1.52. The third kappa shape index (κ3) is 57.1. The van der Waals surface area contributed by atoms with Gasteiger partial charge in [-0.15, -0.1) is 0 Å². The van der Waals surface area contributed by atoms with Gasteiger partial charge in [0.25, 0.3) is 0 Å². The number of unbranched alkanes of at least 4 members (excludes halogenated alkanes) is 24. The van der Waals surface area contributed by atoms with E-state index in [0.717, 1.165) is 24.3 Å². The molecule has 0 aromatic carbocycles. The average molecular weight is 1170 g/mol. The lowest BCUT2D eigenvalue weighted by atomic mass is 10.1. The number of methoxy groups -OCH3 is 1. The minimum Gasteiger partial charge on any atom is -0.462 e. The van der Waals surface area contributed by atoms with Crippen LogP contribution in [0.1, 0.15) is 235 Å². The van der Waals surface area contributed by atoms with Crippen molar-refractivity contribution in [2.24, 2.45) is 0 Å². The summed E-state index contributed by atoms with van der Waals surface area (Å²) in [6, 6.07) is -1.16. The summed E-state index contributed by atoms with van der Waals surface area (Å²) in [6.45, 7) is 18.3. The van der Waals surface area contributed by atoms with E-state index in [2.05, 4.69) is 43.5 Å². The van der Waals surface area contributed by atoms with Crippen LogP contribution in [0, 0.1) is 0 Å². The summed E-state index contributed by atoms with van der Waals surface area (Å²) in [7, 11) is 1.37. The van der Waals surface area contributed by atoms with Crippen LogP contribution >= 0.6 is 0 Å². The first kappa shape index (κ1) is 78.7. The van der Waals surface area contributed by atoms with Gasteiger partial charge in [-0.1, -0.05) is 154 Å². The van der Waals surface area contributed by atoms with E-state index in [1.807, 2.05) is 0 Å². The SMILES string of the molecule is CCCCCCCC/C=C\CCCCCCCCOCC(COCCOCCOCCOCCOC(=O)CN(CCOC(=O)[C@H](COC)NC(=O)OC(C)(C)C)C(=O)OC(C)(C)C)OCCCCCCCC/C=C\CCCCCCCC. The van der Waals surface area contributed by atoms with Crippen LogP contribution in [0.3, 0.4) is 0 Å². The molecule has 0 rings (SSSR count). The van der Waals surface area contributed by atoms with Crippen LogP contribution < -0.4 is 5.32 Å². The van der Waals surface area contributed by atoms with E-state index in [-0.39, 0.29) is 45.7 Å². The topological polar surface area (TPSA) is 185 Å². The number of esters is 2. The fraction of sp³-hybridized carbons (Fsp3) is 0.877. The number of nitrogens with zero attached hydrogens (tertiary/aromatic N) is 1. The van der Waals surface area contributed by atoms with Gasteiger partial charge in [-0.25, -0.2) is 14.4 Å². The number of alkyl carbamates (subject to hydrolysis) is 1. The van der Waals surface area contributed by atoms with Gasteiger partial charge in [0.2, 0.25) is 0 Å². The molecule has 1 N–H and O–H groups in total. The summed E-state index contributed by atoms with van der Waals surface area (Å²) in [5, 5.41) is 2.42. The summed E-state index contributed by atoms with van der Waals surface area (Å²) in [4.78, 5) is 51.7. The van der Waals surface area contributed by atoms with Crippen molar-refractivity contribution in [3.63, 3.8) is 0 Å². The van der Waals surface area contributed by atoms with Crippen molar-refractivity contribution in [2.45, 2.75) is 259 Å². The number of amides is 2. The Morgan fingerprint density at radius 3 is 1.29 bits per heavy atom. The van der Waals surface area contributed by atoms with Gasteiger partial charge in [0.05, 0.1) is 72.6 Å². The fourth-order valence-electron chi connectivity index (χ4n) is 8.40. The Hall–Kier alpha value is -3.32. The van der Waals surface area contributed by atoms with E-state index in [0.29, 0.717) is 52.9 Å². The molecular weight excluding hydrogens is 1050 g/mol. The molecule has 0 bridgehead atoms. The molecule has 0 heterocycles. The van der Waals surface area contributed by atoms with Crippen molar-refractivity contribution in [1.29, 1.82) is 0 Å². The van der Waals surface area contributed by atoms with Gasteiger partial charge in [-0.2, -0.15) is 0 Å². The second-order valence-electron chi connectivity index (χ2n) is 23.3. The molecule has 0 saturated carbocycles. The van der Waals surface area contributed by atoms with Gasteiger partial charge in [0.15, 0.2) is 6.04 Å². The fourth-order valence-corrected chi connectivity index (χ4v) is 8.40. The predicted octanol–water partition coefficient (Wildman–Crippen LogP) is 14.4. The Morgan fingerprint density at radius 1 is 0.439 bits per heavy atom. The molecule has 17 heteroatoms. The first-order valence-corrected chi connectivity index (χ1v) is 32.2. The van der Waals surface area contributed by atoms with Gasteiger partial charge in [-0.3, -0.25) is 9.69 Å². The number of hydrogen-bond acceptors (Lipinski definition) is 15. The zero-order valence-electron chi connectivity index (χ0n) is 53.6. The molecule has 1 unspecified atom stereocenters. The van der Waals surface area contributed by atoms with Gasteiger partial charge < -0.3 is 57.4 Å². The Kier molecular flexibility index (Phi) is 54.5. The van der Waals surface area contributed by atoms with Gasteiger partial charge in [0, 0.05) is 20.3 Å². The lowest BCUT2D eigenvalue weighted by Gasteiger charge is -2.27. The predicted molar refractivity (Wildman–Crippen MR) is 327 cm³/mol. The number of ether oxygens (including phenoxy) is 11. The normalized spacial score (nSPS) is 12.7. The largest absolute Gasteiger partial charge is 0.462 e. The van der Waals surface area contributed by atoms with E-state index in [4.69, 9.17) is 52.1 Å². The summed E-state index contributed by atoms with van der Waals surface area (Å²) in [5.41, 5.74) is -1.63. The number of carbonyl (C=O) groups is 4. The molecule has 82 heavy (non-hydrogen) atoms. The van der Waals surface area contributed by atoms with Crippen molar-refractivity contribution in [1.82, 2.24) is 10.2 Å². The third-order valence-corrected chi connectivity index (χ3v) is 12.9. The number of rotatable bonds is 58. The monoisotopic (exact) mass is 1170 g/mol. The molecule has 17 nitrogen and oxygen atoms in total. The first-order chi connectivity index (χ1) is 39.6. The first-order valence-electron chi connectivity index (χ1n) is 32.2. The van der Waals surface area contributed by atoms with Crippen molar-refractivity contribution >= 4 is 24.1 Å². The van der Waals surface area contributed by atoms with Gasteiger partial charge >= 0.3 is 24.1 Å². The summed E-state index contributed by atoms with van der Waals surface area (Å²) >= 11 is 0. The molecule has 0 aliphatic heterocycles. The molecule has 2 amide bonds. The van der Waals surface area contributed by atoms with Crippen LogP contribution in [0.4, 0.5) is 9.59 Å². The molecule has 0 aliphatic carbocycles.